The lowest BCUT2D eigenvalue weighted by molar-refractivity contribution is -0.156. The molecular formula is C10H17NO4. The molecule has 0 aliphatic heterocycles. The van der Waals surface area contributed by atoms with Gasteiger partial charge in [-0.3, -0.25) is 4.79 Å². The Balaban J connectivity index is 2.36. The Bertz CT molecular complexity index is 256. The number of nitrogens with one attached hydrogen (secondary N) is 1. The van der Waals surface area contributed by atoms with Gasteiger partial charge in [0.1, 0.15) is 0 Å². The van der Waals surface area contributed by atoms with E-state index >= 15 is 0 Å². The smallest absolute Gasteiger partial charge is 0.337 e. The summed E-state index contributed by atoms with van der Waals surface area (Å²) in [6.07, 6.45) is 3.82. The SMILES string of the molecule is CC(O)(CNC(=O)C1CCCC1)C(=O)O. The lowest BCUT2D eigenvalue weighted by Crippen LogP contribution is -2.47. The first-order valence-electron chi connectivity index (χ1n) is 5.17. The maximum absolute atomic E-state index is 11.5. The molecule has 1 aliphatic rings. The van der Waals surface area contributed by atoms with Crippen LogP contribution in [0.3, 0.4) is 0 Å². The van der Waals surface area contributed by atoms with Crippen molar-refractivity contribution in [3.05, 3.63) is 0 Å². The molecule has 1 fully saturated rings. The van der Waals surface area contributed by atoms with Crippen molar-refractivity contribution in [3.63, 3.8) is 0 Å². The highest BCUT2D eigenvalue weighted by molar-refractivity contribution is 5.81. The largest absolute Gasteiger partial charge is 0.479 e. The number of carbonyl (C=O) groups is 2. The minimum absolute atomic E-state index is 0.00500. The standard InChI is InChI=1S/C10H17NO4/c1-10(15,9(13)14)6-11-8(12)7-4-2-3-5-7/h7,15H,2-6H2,1H3,(H,11,12)(H,13,14). The van der Waals surface area contributed by atoms with E-state index in [0.29, 0.717) is 0 Å². The summed E-state index contributed by atoms with van der Waals surface area (Å²) in [5, 5.41) is 20.5. The first-order chi connectivity index (χ1) is 6.93. The summed E-state index contributed by atoms with van der Waals surface area (Å²) < 4.78 is 0. The number of carbonyl (C=O) groups excluding carboxylic acids is 1. The van der Waals surface area contributed by atoms with Crippen molar-refractivity contribution in [2.45, 2.75) is 38.2 Å². The van der Waals surface area contributed by atoms with Gasteiger partial charge in [-0.2, -0.15) is 0 Å². The molecule has 1 saturated carbocycles. The van der Waals surface area contributed by atoms with Crippen LogP contribution in [-0.2, 0) is 9.59 Å². The molecule has 1 atom stereocenters. The molecule has 1 aliphatic carbocycles. The second-order valence-electron chi connectivity index (χ2n) is 4.28. The number of rotatable bonds is 4. The Kier molecular flexibility index (Phi) is 3.68. The Morgan fingerprint density at radius 1 is 1.40 bits per heavy atom. The molecule has 3 N–H and O–H groups in total. The number of hydrogen-bond acceptors (Lipinski definition) is 3. The molecule has 1 rings (SSSR count). The molecule has 0 aromatic carbocycles. The predicted octanol–water partition coefficient (Wildman–Crippen LogP) is 0.128. The Morgan fingerprint density at radius 2 is 1.93 bits per heavy atom. The molecule has 0 saturated heterocycles. The van der Waals surface area contributed by atoms with Crippen LogP contribution in [0.15, 0.2) is 0 Å². The molecule has 1 amide bonds. The quantitative estimate of drug-likeness (QED) is 0.622. The minimum Gasteiger partial charge on any atom is -0.479 e. The topological polar surface area (TPSA) is 86.6 Å². The van der Waals surface area contributed by atoms with Crippen molar-refractivity contribution in [2.75, 3.05) is 6.54 Å². The fraction of sp³-hybridized carbons (Fsp3) is 0.800. The second-order valence-corrected chi connectivity index (χ2v) is 4.28. The van der Waals surface area contributed by atoms with Crippen molar-refractivity contribution >= 4 is 11.9 Å². The van der Waals surface area contributed by atoms with Crippen LogP contribution >= 0.6 is 0 Å². The highest BCUT2D eigenvalue weighted by Gasteiger charge is 2.31. The molecular weight excluding hydrogens is 198 g/mol. The third-order valence-corrected chi connectivity index (χ3v) is 2.79. The number of hydrogen-bond donors (Lipinski definition) is 3. The number of carboxylic acid groups (broad SMARTS) is 1. The zero-order valence-electron chi connectivity index (χ0n) is 8.82. The van der Waals surface area contributed by atoms with Gasteiger partial charge in [0.25, 0.3) is 0 Å². The van der Waals surface area contributed by atoms with Gasteiger partial charge in [-0.05, 0) is 19.8 Å². The lowest BCUT2D eigenvalue weighted by Gasteiger charge is -2.19. The van der Waals surface area contributed by atoms with E-state index < -0.39 is 11.6 Å². The summed E-state index contributed by atoms with van der Waals surface area (Å²) in [4.78, 5) is 22.1. The van der Waals surface area contributed by atoms with Crippen LogP contribution in [0, 0.1) is 5.92 Å². The van der Waals surface area contributed by atoms with Gasteiger partial charge in [-0.25, -0.2) is 4.79 Å². The van der Waals surface area contributed by atoms with Crippen molar-refractivity contribution in [3.8, 4) is 0 Å². The molecule has 0 aromatic heterocycles. The van der Waals surface area contributed by atoms with Gasteiger partial charge < -0.3 is 15.5 Å². The van der Waals surface area contributed by atoms with Crippen LogP contribution in [0.25, 0.3) is 0 Å². The van der Waals surface area contributed by atoms with E-state index in [-0.39, 0.29) is 18.4 Å². The molecule has 0 aromatic rings. The van der Waals surface area contributed by atoms with E-state index in [2.05, 4.69) is 5.32 Å². The van der Waals surface area contributed by atoms with Gasteiger partial charge in [0.05, 0.1) is 6.54 Å². The Morgan fingerprint density at radius 3 is 2.40 bits per heavy atom. The zero-order chi connectivity index (χ0) is 11.5. The first kappa shape index (κ1) is 12.0. The van der Waals surface area contributed by atoms with E-state index in [9.17, 15) is 14.7 Å². The Hall–Kier alpha value is -1.10. The van der Waals surface area contributed by atoms with Crippen LogP contribution in [0.5, 0.6) is 0 Å². The number of aliphatic hydroxyl groups is 1. The van der Waals surface area contributed by atoms with Gasteiger partial charge in [-0.1, -0.05) is 12.8 Å². The molecule has 5 nitrogen and oxygen atoms in total. The summed E-state index contributed by atoms with van der Waals surface area (Å²) >= 11 is 0. The highest BCUT2D eigenvalue weighted by atomic mass is 16.4. The third kappa shape index (κ3) is 3.20. The van der Waals surface area contributed by atoms with E-state index in [1.54, 1.807) is 0 Å². The molecule has 0 bridgehead atoms. The average Bonchev–Trinajstić information content (AvgIpc) is 2.66. The predicted molar refractivity (Wildman–Crippen MR) is 53.2 cm³/mol. The molecule has 1 unspecified atom stereocenters. The van der Waals surface area contributed by atoms with E-state index in [0.717, 1.165) is 25.7 Å². The second kappa shape index (κ2) is 4.61. The van der Waals surface area contributed by atoms with Crippen LogP contribution in [0.1, 0.15) is 32.6 Å². The van der Waals surface area contributed by atoms with E-state index in [1.807, 2.05) is 0 Å². The molecule has 15 heavy (non-hydrogen) atoms. The summed E-state index contributed by atoms with van der Waals surface area (Å²) in [6, 6.07) is 0. The molecule has 0 heterocycles. The van der Waals surface area contributed by atoms with Crippen molar-refractivity contribution in [1.82, 2.24) is 5.32 Å². The van der Waals surface area contributed by atoms with Crippen LogP contribution < -0.4 is 5.32 Å². The van der Waals surface area contributed by atoms with Crippen molar-refractivity contribution < 1.29 is 19.8 Å². The van der Waals surface area contributed by atoms with E-state index in [1.165, 1.54) is 6.92 Å². The van der Waals surface area contributed by atoms with Gasteiger partial charge in [0, 0.05) is 5.92 Å². The van der Waals surface area contributed by atoms with E-state index in [4.69, 9.17) is 5.11 Å². The fourth-order valence-corrected chi connectivity index (χ4v) is 1.67. The lowest BCUT2D eigenvalue weighted by atomic mass is 10.1. The summed E-state index contributed by atoms with van der Waals surface area (Å²) in [5.41, 5.74) is -1.88. The number of aliphatic carboxylic acids is 1. The van der Waals surface area contributed by atoms with Gasteiger partial charge in [0.15, 0.2) is 5.60 Å². The molecule has 0 radical (unpaired) electrons. The minimum atomic E-state index is -1.88. The summed E-state index contributed by atoms with van der Waals surface area (Å²) in [5.74, 6) is -1.47. The number of amides is 1. The van der Waals surface area contributed by atoms with Crippen molar-refractivity contribution in [2.24, 2.45) is 5.92 Å². The van der Waals surface area contributed by atoms with Gasteiger partial charge >= 0.3 is 5.97 Å². The summed E-state index contributed by atoms with van der Waals surface area (Å²) in [6.45, 7) is 0.932. The fourth-order valence-electron chi connectivity index (χ4n) is 1.67. The van der Waals surface area contributed by atoms with Crippen LogP contribution in [0.4, 0.5) is 0 Å². The highest BCUT2D eigenvalue weighted by Crippen LogP contribution is 2.24. The third-order valence-electron chi connectivity index (χ3n) is 2.79. The summed E-state index contributed by atoms with van der Waals surface area (Å²) in [7, 11) is 0. The van der Waals surface area contributed by atoms with Crippen molar-refractivity contribution in [1.29, 1.82) is 0 Å². The maximum Gasteiger partial charge on any atom is 0.337 e. The average molecular weight is 215 g/mol. The maximum atomic E-state index is 11.5. The van der Waals surface area contributed by atoms with Crippen LogP contribution in [-0.4, -0.2) is 34.2 Å². The molecule has 86 valence electrons. The van der Waals surface area contributed by atoms with Gasteiger partial charge in [0.2, 0.25) is 5.91 Å². The number of carboxylic acids is 1. The monoisotopic (exact) mass is 215 g/mol. The van der Waals surface area contributed by atoms with Crippen LogP contribution in [0.2, 0.25) is 0 Å². The zero-order valence-corrected chi connectivity index (χ0v) is 8.82. The normalized spacial score (nSPS) is 20.9. The molecule has 5 heteroatoms. The first-order valence-corrected chi connectivity index (χ1v) is 5.17. The molecule has 0 spiro atoms. The van der Waals surface area contributed by atoms with Gasteiger partial charge in [-0.15, -0.1) is 0 Å². The Labute approximate surface area is 88.5 Å².